The van der Waals surface area contributed by atoms with Crippen LogP contribution in [0.25, 0.3) is 11.1 Å². The molecule has 0 aliphatic heterocycles. The Balaban J connectivity index is 2.63. The summed E-state index contributed by atoms with van der Waals surface area (Å²) >= 11 is 0. The first kappa shape index (κ1) is 8.75. The third kappa shape index (κ3) is 1.46. The van der Waals surface area contributed by atoms with Gasteiger partial charge in [-0.2, -0.15) is 0 Å². The number of aryl methyl sites for hydroxylation is 1. The van der Waals surface area contributed by atoms with Gasteiger partial charge in [0.15, 0.2) is 0 Å². The van der Waals surface area contributed by atoms with Crippen LogP contribution in [0.4, 0.5) is 5.69 Å². The van der Waals surface area contributed by atoms with Crippen LogP contribution in [-0.4, -0.2) is 4.98 Å². The molecule has 1 heterocycles. The van der Waals surface area contributed by atoms with Crippen LogP contribution < -0.4 is 5.73 Å². The summed E-state index contributed by atoms with van der Waals surface area (Å²) < 4.78 is 0. The number of benzene rings is 1. The highest BCUT2D eigenvalue weighted by Gasteiger charge is 2.04. The highest BCUT2D eigenvalue weighted by Crippen LogP contribution is 2.27. The van der Waals surface area contributed by atoms with Crippen molar-refractivity contribution in [2.45, 2.75) is 6.92 Å². The fourth-order valence-corrected chi connectivity index (χ4v) is 1.59. The Morgan fingerprint density at radius 3 is 2.43 bits per heavy atom. The third-order valence-electron chi connectivity index (χ3n) is 2.23. The van der Waals surface area contributed by atoms with Gasteiger partial charge in [0.1, 0.15) is 0 Å². The Morgan fingerprint density at radius 1 is 1.07 bits per heavy atom. The summed E-state index contributed by atoms with van der Waals surface area (Å²) in [5.74, 6) is 0. The first-order chi connectivity index (χ1) is 6.79. The van der Waals surface area contributed by atoms with Crippen LogP contribution in [0.5, 0.6) is 0 Å². The van der Waals surface area contributed by atoms with Crippen LogP contribution in [0.1, 0.15) is 5.56 Å². The number of anilines is 1. The van der Waals surface area contributed by atoms with E-state index in [1.54, 1.807) is 6.20 Å². The van der Waals surface area contributed by atoms with Gasteiger partial charge in [0.25, 0.3) is 0 Å². The molecule has 0 saturated heterocycles. The van der Waals surface area contributed by atoms with Crippen molar-refractivity contribution in [1.29, 1.82) is 0 Å². The van der Waals surface area contributed by atoms with E-state index >= 15 is 0 Å². The second kappa shape index (κ2) is 3.50. The van der Waals surface area contributed by atoms with Crippen molar-refractivity contribution >= 4 is 5.69 Å². The summed E-state index contributed by atoms with van der Waals surface area (Å²) in [7, 11) is 0. The monoisotopic (exact) mass is 184 g/mol. The van der Waals surface area contributed by atoms with Gasteiger partial charge in [-0.25, -0.2) is 0 Å². The average Bonchev–Trinajstić information content (AvgIpc) is 2.19. The molecule has 70 valence electrons. The molecule has 0 fully saturated rings. The van der Waals surface area contributed by atoms with Crippen molar-refractivity contribution in [2.24, 2.45) is 0 Å². The number of hydrogen-bond donors (Lipinski definition) is 1. The Morgan fingerprint density at radius 2 is 1.79 bits per heavy atom. The van der Waals surface area contributed by atoms with E-state index in [-0.39, 0.29) is 0 Å². The van der Waals surface area contributed by atoms with Crippen molar-refractivity contribution in [2.75, 3.05) is 5.73 Å². The number of aromatic nitrogens is 1. The predicted octanol–water partition coefficient (Wildman–Crippen LogP) is 2.64. The first-order valence-electron chi connectivity index (χ1n) is 4.54. The first-order valence-corrected chi connectivity index (χ1v) is 4.54. The highest BCUT2D eigenvalue weighted by atomic mass is 14.7. The molecule has 0 spiro atoms. The van der Waals surface area contributed by atoms with Crippen molar-refractivity contribution in [3.05, 3.63) is 48.3 Å². The van der Waals surface area contributed by atoms with Crippen LogP contribution in [-0.2, 0) is 0 Å². The second-order valence-electron chi connectivity index (χ2n) is 3.29. The van der Waals surface area contributed by atoms with Gasteiger partial charge in [-0.3, -0.25) is 4.98 Å². The summed E-state index contributed by atoms with van der Waals surface area (Å²) in [6.45, 7) is 2.02. The van der Waals surface area contributed by atoms with Crippen LogP contribution in [0, 0.1) is 6.92 Å². The quantitative estimate of drug-likeness (QED) is 0.740. The van der Waals surface area contributed by atoms with Gasteiger partial charge in [0.05, 0.1) is 11.9 Å². The zero-order chi connectivity index (χ0) is 9.97. The minimum absolute atomic E-state index is 0.733. The zero-order valence-corrected chi connectivity index (χ0v) is 8.07. The zero-order valence-electron chi connectivity index (χ0n) is 8.07. The van der Waals surface area contributed by atoms with Gasteiger partial charge in [-0.05, 0) is 18.1 Å². The number of nitrogens with two attached hydrogens (primary N) is 1. The lowest BCUT2D eigenvalue weighted by molar-refractivity contribution is 1.27. The Kier molecular flexibility index (Phi) is 2.19. The molecule has 0 atom stereocenters. The van der Waals surface area contributed by atoms with Crippen LogP contribution in [0.15, 0.2) is 42.7 Å². The standard InChI is InChI=1S/C12H12N2/c1-9-7-14-8-11(13)12(9)10-5-3-2-4-6-10/h2-8H,13H2,1H3. The molecule has 0 aliphatic carbocycles. The van der Waals surface area contributed by atoms with Crippen LogP contribution in [0.3, 0.4) is 0 Å². The van der Waals surface area contributed by atoms with Crippen LogP contribution >= 0.6 is 0 Å². The molecule has 2 N–H and O–H groups in total. The molecule has 2 aromatic rings. The number of hydrogen-bond acceptors (Lipinski definition) is 2. The summed E-state index contributed by atoms with van der Waals surface area (Å²) in [6, 6.07) is 10.1. The molecule has 0 saturated carbocycles. The molecule has 0 bridgehead atoms. The lowest BCUT2D eigenvalue weighted by Crippen LogP contribution is -1.94. The lowest BCUT2D eigenvalue weighted by atomic mass is 10.0. The normalized spacial score (nSPS) is 10.1. The molecular weight excluding hydrogens is 172 g/mol. The van der Waals surface area contributed by atoms with E-state index in [1.807, 2.05) is 31.3 Å². The molecule has 0 amide bonds. The Labute approximate surface area is 83.4 Å². The fraction of sp³-hybridized carbons (Fsp3) is 0.0833. The van der Waals surface area contributed by atoms with E-state index in [1.165, 1.54) is 0 Å². The number of nitrogen functional groups attached to an aromatic ring is 1. The van der Waals surface area contributed by atoms with E-state index in [9.17, 15) is 0 Å². The van der Waals surface area contributed by atoms with Crippen molar-refractivity contribution in [3.63, 3.8) is 0 Å². The maximum Gasteiger partial charge on any atom is 0.0582 e. The van der Waals surface area contributed by atoms with Gasteiger partial charge in [-0.15, -0.1) is 0 Å². The summed E-state index contributed by atoms with van der Waals surface area (Å²) in [6.07, 6.45) is 3.52. The minimum atomic E-state index is 0.733. The molecule has 1 aromatic carbocycles. The van der Waals surface area contributed by atoms with Gasteiger partial charge in [0.2, 0.25) is 0 Å². The molecule has 1 aromatic heterocycles. The molecular formula is C12H12N2. The summed E-state index contributed by atoms with van der Waals surface area (Å²) in [5, 5.41) is 0. The smallest absolute Gasteiger partial charge is 0.0582 e. The number of nitrogens with zero attached hydrogens (tertiary/aromatic N) is 1. The van der Waals surface area contributed by atoms with Crippen molar-refractivity contribution in [1.82, 2.24) is 4.98 Å². The molecule has 0 aliphatic rings. The Bertz CT molecular complexity index is 415. The van der Waals surface area contributed by atoms with Gasteiger partial charge >= 0.3 is 0 Å². The number of rotatable bonds is 1. The predicted molar refractivity (Wildman–Crippen MR) is 58.8 cm³/mol. The molecule has 2 rings (SSSR count). The lowest BCUT2D eigenvalue weighted by Gasteiger charge is -2.08. The van der Waals surface area contributed by atoms with E-state index < -0.39 is 0 Å². The van der Waals surface area contributed by atoms with Gasteiger partial charge in [-0.1, -0.05) is 30.3 Å². The maximum absolute atomic E-state index is 5.89. The van der Waals surface area contributed by atoms with Gasteiger partial charge in [0, 0.05) is 11.8 Å². The van der Waals surface area contributed by atoms with Crippen molar-refractivity contribution in [3.8, 4) is 11.1 Å². The SMILES string of the molecule is Cc1cncc(N)c1-c1ccccc1. The molecule has 2 heteroatoms. The molecule has 14 heavy (non-hydrogen) atoms. The van der Waals surface area contributed by atoms with E-state index in [2.05, 4.69) is 17.1 Å². The summed E-state index contributed by atoms with van der Waals surface area (Å²) in [4.78, 5) is 4.04. The number of pyridine rings is 1. The average molecular weight is 184 g/mol. The third-order valence-corrected chi connectivity index (χ3v) is 2.23. The molecule has 0 unspecified atom stereocenters. The fourth-order valence-electron chi connectivity index (χ4n) is 1.59. The Hall–Kier alpha value is -1.83. The summed E-state index contributed by atoms with van der Waals surface area (Å²) in [5.41, 5.74) is 9.96. The molecule has 2 nitrogen and oxygen atoms in total. The van der Waals surface area contributed by atoms with E-state index in [0.717, 1.165) is 22.4 Å². The van der Waals surface area contributed by atoms with E-state index in [0.29, 0.717) is 0 Å². The second-order valence-corrected chi connectivity index (χ2v) is 3.29. The maximum atomic E-state index is 5.89. The van der Waals surface area contributed by atoms with Crippen molar-refractivity contribution < 1.29 is 0 Å². The highest BCUT2D eigenvalue weighted by molar-refractivity contribution is 5.78. The van der Waals surface area contributed by atoms with Gasteiger partial charge < -0.3 is 5.73 Å². The van der Waals surface area contributed by atoms with E-state index in [4.69, 9.17) is 5.73 Å². The minimum Gasteiger partial charge on any atom is -0.397 e. The largest absolute Gasteiger partial charge is 0.397 e. The topological polar surface area (TPSA) is 38.9 Å². The molecule has 0 radical (unpaired) electrons. The van der Waals surface area contributed by atoms with Crippen LogP contribution in [0.2, 0.25) is 0 Å².